The summed E-state index contributed by atoms with van der Waals surface area (Å²) in [6.45, 7) is 47.3. The van der Waals surface area contributed by atoms with Gasteiger partial charge in [0.2, 0.25) is 0 Å². The van der Waals surface area contributed by atoms with Gasteiger partial charge in [0.25, 0.3) is 0 Å². The van der Waals surface area contributed by atoms with Crippen LogP contribution in [0.4, 0.5) is 0 Å². The maximum Gasteiger partial charge on any atom is 0.160 e. The molecule has 2 atom stereocenters. The van der Waals surface area contributed by atoms with Gasteiger partial charge in [0, 0.05) is 0 Å². The number of benzene rings is 2. The monoisotopic (exact) mass is 790 g/mol. The van der Waals surface area contributed by atoms with Crippen LogP contribution >= 0.6 is 30.6 Å². The third-order valence-electron chi connectivity index (χ3n) is 11.3. The Kier molecular flexibility index (Phi) is 9.86. The average Bonchev–Trinajstić information content (AvgIpc) is 2.78. The lowest BCUT2D eigenvalue weighted by Crippen LogP contribution is -2.95. The zero-order chi connectivity index (χ0) is 34.4. The summed E-state index contributed by atoms with van der Waals surface area (Å²) in [6.07, 6.45) is 0. The Bertz CT molecular complexity index is 1190. The molecule has 0 spiro atoms. The molecule has 0 bridgehead atoms. The van der Waals surface area contributed by atoms with Gasteiger partial charge >= 0.3 is 0 Å². The first-order valence-electron chi connectivity index (χ1n) is 16.7. The van der Waals surface area contributed by atoms with Crippen LogP contribution in [0.15, 0.2) is 60.7 Å². The highest BCUT2D eigenvalue weighted by Gasteiger charge is 2.89. The van der Waals surface area contributed by atoms with E-state index in [9.17, 15) is 0 Å². The molecule has 0 saturated carbocycles. The van der Waals surface area contributed by atoms with Crippen molar-refractivity contribution in [2.45, 2.75) is 155 Å². The molecule has 1 aliphatic rings. The van der Waals surface area contributed by atoms with Gasteiger partial charge in [0.1, 0.15) is 0 Å². The maximum atomic E-state index is 5.27. The average molecular weight is 793 g/mol. The first kappa shape index (κ1) is 38.5. The van der Waals surface area contributed by atoms with Gasteiger partial charge < -0.3 is 0 Å². The van der Waals surface area contributed by atoms with Crippen molar-refractivity contribution in [1.29, 1.82) is 0 Å². The van der Waals surface area contributed by atoms with Crippen molar-refractivity contribution in [3.8, 4) is 0 Å². The van der Waals surface area contributed by atoms with E-state index in [4.69, 9.17) is 30.6 Å². The van der Waals surface area contributed by atoms with E-state index >= 15 is 0 Å². The van der Waals surface area contributed by atoms with Crippen LogP contribution in [0.5, 0.6) is 0 Å². The second-order valence-electron chi connectivity index (χ2n) is 19.8. The molecule has 6 heteroatoms. The van der Waals surface area contributed by atoms with Crippen LogP contribution in [0.2, 0.25) is 30.2 Å². The summed E-state index contributed by atoms with van der Waals surface area (Å²) < 4.78 is 0. The Balaban J connectivity index is 2.97. The predicted octanol–water partition coefficient (Wildman–Crippen LogP) is 14.3. The second-order valence-corrected chi connectivity index (χ2v) is 67.9. The molecule has 3 rings (SSSR count). The van der Waals surface area contributed by atoms with Crippen molar-refractivity contribution in [2.75, 3.05) is 0 Å². The SMILES string of the molecule is CC(C)(C)[Si](C(C)(C)C)(C(C)(C)C)[Si@@]1(Br)C(c2ccccc2)=C(c2ccccc2)[Si@]1(Br)[Si](C(C)(C)C)(C(C)(C)C)C(C)(C)C. The molecule has 44 heavy (non-hydrogen) atoms. The highest BCUT2D eigenvalue weighted by molar-refractivity contribution is 9.41. The van der Waals surface area contributed by atoms with Crippen LogP contribution in [0.3, 0.4) is 0 Å². The molecule has 2 aromatic carbocycles. The zero-order valence-electron chi connectivity index (χ0n) is 31.5. The molecule has 1 heterocycles. The minimum absolute atomic E-state index is 0.154. The van der Waals surface area contributed by atoms with E-state index in [0.29, 0.717) is 0 Å². The minimum atomic E-state index is -2.57. The molecule has 0 aromatic heterocycles. The summed E-state index contributed by atoms with van der Waals surface area (Å²) in [5.41, 5.74) is -2.24. The van der Waals surface area contributed by atoms with E-state index in [1.165, 1.54) is 11.1 Å². The summed E-state index contributed by atoms with van der Waals surface area (Å²) in [5.74, 6) is 0. The minimum Gasteiger partial charge on any atom is -0.126 e. The van der Waals surface area contributed by atoms with Gasteiger partial charge in [-0.3, -0.25) is 0 Å². The number of rotatable bonds is 4. The molecule has 0 aliphatic carbocycles. The van der Waals surface area contributed by atoms with E-state index in [1.807, 2.05) is 0 Å². The van der Waals surface area contributed by atoms with Crippen molar-refractivity contribution in [2.24, 2.45) is 0 Å². The van der Waals surface area contributed by atoms with Crippen LogP contribution in [0.1, 0.15) is 136 Å². The van der Waals surface area contributed by atoms with E-state index in [0.717, 1.165) is 0 Å². The third kappa shape index (κ3) is 4.82. The maximum absolute atomic E-state index is 5.27. The van der Waals surface area contributed by atoms with Crippen LogP contribution in [0.25, 0.3) is 10.4 Å². The van der Waals surface area contributed by atoms with Gasteiger partial charge in [-0.05, 0) is 51.7 Å². The van der Waals surface area contributed by atoms with Crippen molar-refractivity contribution in [3.63, 3.8) is 0 Å². The fraction of sp³-hybridized carbons (Fsp3) is 0.632. The van der Waals surface area contributed by atoms with Crippen molar-refractivity contribution < 1.29 is 0 Å². The molecule has 1 aliphatic heterocycles. The number of hydrogen-bond donors (Lipinski definition) is 0. The summed E-state index contributed by atoms with van der Waals surface area (Å²) >= 11 is 10.5. The standard InChI is InChI=1S/C38H64Br2Si4/c1-33(2,3)43(34(4,5)6,35(7,8)9)41(39)31(29-25-21-19-22-26-29)32(30-27-23-20-24-28-30)42(41,40)44(36(10,11)12,37(13,14)15)38(16,17)18/h19-28H,1-18H3/t41-,42-/m1/s1. The van der Waals surface area contributed by atoms with E-state index in [2.05, 4.69) is 185 Å². The lowest BCUT2D eigenvalue weighted by molar-refractivity contribution is 0.551. The Morgan fingerprint density at radius 3 is 0.705 bits per heavy atom. The zero-order valence-corrected chi connectivity index (χ0v) is 38.7. The quantitative estimate of drug-likeness (QED) is 0.214. The molecule has 246 valence electrons. The summed E-state index contributed by atoms with van der Waals surface area (Å²) in [5, 5.41) is 4.36. The second kappa shape index (κ2) is 11.3. The van der Waals surface area contributed by atoms with Crippen LogP contribution < -0.4 is 0 Å². The molecule has 0 fully saturated rings. The van der Waals surface area contributed by atoms with E-state index in [1.54, 1.807) is 10.4 Å². The third-order valence-corrected chi connectivity index (χ3v) is 107. The molecule has 0 N–H and O–H groups in total. The van der Waals surface area contributed by atoms with Crippen LogP contribution in [-0.4, -0.2) is 26.6 Å². The van der Waals surface area contributed by atoms with E-state index in [-0.39, 0.29) is 30.2 Å². The molecule has 0 amide bonds. The largest absolute Gasteiger partial charge is 0.160 e. The smallest absolute Gasteiger partial charge is 0.126 e. The Morgan fingerprint density at radius 2 is 0.545 bits per heavy atom. The Morgan fingerprint density at radius 1 is 0.364 bits per heavy atom. The topological polar surface area (TPSA) is 0 Å². The molecule has 0 radical (unpaired) electrons. The number of halogens is 2. The first-order chi connectivity index (χ1) is 19.5. The normalized spacial score (nSPS) is 23.1. The Hall–Kier alpha value is 0.00753. The highest BCUT2D eigenvalue weighted by atomic mass is 79.9. The summed E-state index contributed by atoms with van der Waals surface area (Å²) in [7, 11) is -4.79. The molecule has 2 aromatic rings. The number of hydrogen-bond acceptors (Lipinski definition) is 0. The summed E-state index contributed by atoms with van der Waals surface area (Å²) in [6, 6.07) is 23.2. The lowest BCUT2D eigenvalue weighted by Gasteiger charge is -2.79. The van der Waals surface area contributed by atoms with Gasteiger partial charge in [-0.2, -0.15) is 0 Å². The van der Waals surface area contributed by atoms with Crippen molar-refractivity contribution in [3.05, 3.63) is 71.8 Å². The molecule has 0 saturated heterocycles. The van der Waals surface area contributed by atoms with E-state index < -0.39 is 26.6 Å². The van der Waals surface area contributed by atoms with Crippen molar-refractivity contribution >= 4 is 67.6 Å². The van der Waals surface area contributed by atoms with Gasteiger partial charge in [0.05, 0.1) is 15.2 Å². The summed E-state index contributed by atoms with van der Waals surface area (Å²) in [4.78, 5) is 0. The molecular weight excluding hydrogens is 729 g/mol. The molecular formula is C38H64Br2Si4. The highest BCUT2D eigenvalue weighted by Crippen LogP contribution is 2.82. The van der Waals surface area contributed by atoms with Gasteiger partial charge in [0.15, 0.2) is 11.5 Å². The van der Waals surface area contributed by atoms with Gasteiger partial charge in [-0.25, -0.2) is 0 Å². The van der Waals surface area contributed by atoms with Gasteiger partial charge in [-0.1, -0.05) is 185 Å². The predicted molar refractivity (Wildman–Crippen MR) is 219 cm³/mol. The first-order valence-corrected chi connectivity index (χ1v) is 32.2. The molecule has 0 nitrogen and oxygen atoms in total. The van der Waals surface area contributed by atoms with Gasteiger partial charge in [-0.15, -0.1) is 30.6 Å². The fourth-order valence-corrected chi connectivity index (χ4v) is 165. The van der Waals surface area contributed by atoms with Crippen LogP contribution in [0, 0.1) is 0 Å². The fourth-order valence-electron chi connectivity index (χ4n) is 13.3. The van der Waals surface area contributed by atoms with Crippen LogP contribution in [-0.2, 0) is 0 Å². The van der Waals surface area contributed by atoms with Crippen molar-refractivity contribution in [1.82, 2.24) is 0 Å². The molecule has 0 unspecified atom stereocenters. The lowest BCUT2D eigenvalue weighted by atomic mass is 10.1. The Labute approximate surface area is 292 Å².